The normalized spacial score (nSPS) is 11.2. The minimum atomic E-state index is 0.754. The Balaban J connectivity index is 1.38. The molecule has 5 aromatic rings. The van der Waals surface area contributed by atoms with Crippen LogP contribution in [0.1, 0.15) is 28.3 Å². The summed E-state index contributed by atoms with van der Waals surface area (Å²) in [6, 6.07) is 27.3. The van der Waals surface area contributed by atoms with E-state index in [-0.39, 0.29) is 0 Å². The van der Waals surface area contributed by atoms with Crippen LogP contribution in [0.3, 0.4) is 0 Å². The number of benzene rings is 3. The minimum absolute atomic E-state index is 0.754. The Hall–Kier alpha value is -3.86. The number of ether oxygens (including phenoxy) is 1. The van der Waals surface area contributed by atoms with E-state index in [2.05, 4.69) is 92.7 Å². The first-order chi connectivity index (χ1) is 16.3. The molecular weight excluding hydrogens is 408 g/mol. The number of methoxy groups -OCH3 is 1. The van der Waals surface area contributed by atoms with Gasteiger partial charge in [-0.15, -0.1) is 10.2 Å². The molecule has 3 aromatic carbocycles. The highest BCUT2D eigenvalue weighted by Gasteiger charge is 2.14. The third kappa shape index (κ3) is 4.82. The predicted octanol–water partition coefficient (Wildman–Crippen LogP) is 5.39. The molecule has 0 fully saturated rings. The standard InChI is InChI=1S/C28H28N4O/c1-33-24-15-11-22(12-16-24)20-32-27(17-13-21-7-3-2-4-8-21)30-31-28(32)18-14-23-19-29-26-10-6-5-9-25(23)26/h2-12,15-16,19,29H,13-14,17-18,20H2,1H3. The minimum Gasteiger partial charge on any atom is -0.497 e. The summed E-state index contributed by atoms with van der Waals surface area (Å²) in [4.78, 5) is 3.38. The summed E-state index contributed by atoms with van der Waals surface area (Å²) in [7, 11) is 1.69. The van der Waals surface area contributed by atoms with Gasteiger partial charge in [0.25, 0.3) is 0 Å². The highest BCUT2D eigenvalue weighted by molar-refractivity contribution is 5.83. The fourth-order valence-corrected chi connectivity index (χ4v) is 4.32. The lowest BCUT2D eigenvalue weighted by Gasteiger charge is -2.11. The van der Waals surface area contributed by atoms with Gasteiger partial charge in [0.2, 0.25) is 0 Å². The number of nitrogens with zero attached hydrogens (tertiary/aromatic N) is 3. The van der Waals surface area contributed by atoms with Crippen LogP contribution in [0.4, 0.5) is 0 Å². The van der Waals surface area contributed by atoms with Gasteiger partial charge in [-0.25, -0.2) is 0 Å². The predicted molar refractivity (Wildman–Crippen MR) is 132 cm³/mol. The van der Waals surface area contributed by atoms with Crippen molar-refractivity contribution in [3.05, 3.63) is 113 Å². The van der Waals surface area contributed by atoms with E-state index in [1.807, 2.05) is 12.1 Å². The fraction of sp³-hybridized carbons (Fsp3) is 0.214. The topological polar surface area (TPSA) is 55.7 Å². The summed E-state index contributed by atoms with van der Waals surface area (Å²) in [6.07, 6.45) is 5.69. The summed E-state index contributed by atoms with van der Waals surface area (Å²) in [5.74, 6) is 2.93. The maximum Gasteiger partial charge on any atom is 0.133 e. The number of hydrogen-bond acceptors (Lipinski definition) is 3. The number of para-hydroxylation sites is 1. The Kier molecular flexibility index (Phi) is 6.20. The number of aryl methyl sites for hydroxylation is 4. The average molecular weight is 437 g/mol. The van der Waals surface area contributed by atoms with Gasteiger partial charge in [0.15, 0.2) is 0 Å². The summed E-state index contributed by atoms with van der Waals surface area (Å²) >= 11 is 0. The van der Waals surface area contributed by atoms with Gasteiger partial charge in [0.05, 0.1) is 13.7 Å². The van der Waals surface area contributed by atoms with Crippen molar-refractivity contribution >= 4 is 10.9 Å². The van der Waals surface area contributed by atoms with Gasteiger partial charge in [-0.1, -0.05) is 60.7 Å². The van der Waals surface area contributed by atoms with Crippen molar-refractivity contribution in [1.82, 2.24) is 19.7 Å². The average Bonchev–Trinajstić information content (AvgIpc) is 3.46. The number of aromatic nitrogens is 4. The summed E-state index contributed by atoms with van der Waals surface area (Å²) in [6.45, 7) is 0.754. The van der Waals surface area contributed by atoms with Crippen molar-refractivity contribution in [2.45, 2.75) is 32.2 Å². The van der Waals surface area contributed by atoms with Crippen molar-refractivity contribution < 1.29 is 4.74 Å². The number of hydrogen-bond donors (Lipinski definition) is 1. The maximum absolute atomic E-state index is 5.32. The third-order valence-corrected chi connectivity index (χ3v) is 6.18. The maximum atomic E-state index is 5.32. The highest BCUT2D eigenvalue weighted by Crippen LogP contribution is 2.20. The van der Waals surface area contributed by atoms with Crippen molar-refractivity contribution in [2.75, 3.05) is 7.11 Å². The highest BCUT2D eigenvalue weighted by atomic mass is 16.5. The van der Waals surface area contributed by atoms with E-state index in [9.17, 15) is 0 Å². The van der Waals surface area contributed by atoms with Crippen LogP contribution in [-0.2, 0) is 32.2 Å². The molecule has 5 heteroatoms. The quantitative estimate of drug-likeness (QED) is 0.337. The molecule has 0 aliphatic rings. The van der Waals surface area contributed by atoms with Crippen molar-refractivity contribution in [3.63, 3.8) is 0 Å². The van der Waals surface area contributed by atoms with Gasteiger partial charge in [0, 0.05) is 29.9 Å². The molecule has 0 saturated heterocycles. The van der Waals surface area contributed by atoms with E-state index >= 15 is 0 Å². The van der Waals surface area contributed by atoms with E-state index in [0.717, 1.165) is 49.6 Å². The van der Waals surface area contributed by atoms with E-state index in [4.69, 9.17) is 4.74 Å². The van der Waals surface area contributed by atoms with Crippen LogP contribution in [0.2, 0.25) is 0 Å². The molecule has 0 spiro atoms. The van der Waals surface area contributed by atoms with E-state index in [1.54, 1.807) is 7.11 Å². The Morgan fingerprint density at radius 1 is 0.727 bits per heavy atom. The molecule has 0 aliphatic heterocycles. The third-order valence-electron chi connectivity index (χ3n) is 6.18. The number of rotatable bonds is 9. The van der Waals surface area contributed by atoms with Crippen LogP contribution < -0.4 is 4.74 Å². The molecular formula is C28H28N4O. The number of nitrogens with one attached hydrogen (secondary N) is 1. The number of H-pyrrole nitrogens is 1. The molecule has 5 rings (SSSR count). The summed E-state index contributed by atoms with van der Waals surface area (Å²) in [5.41, 5.74) is 5.02. The second-order valence-corrected chi connectivity index (χ2v) is 8.31. The molecule has 2 heterocycles. The van der Waals surface area contributed by atoms with Gasteiger partial charge in [0.1, 0.15) is 17.4 Å². The lowest BCUT2D eigenvalue weighted by molar-refractivity contribution is 0.414. The van der Waals surface area contributed by atoms with Gasteiger partial charge in [-0.05, 0) is 47.7 Å². The molecule has 1 N–H and O–H groups in total. The summed E-state index contributed by atoms with van der Waals surface area (Å²) < 4.78 is 7.61. The first kappa shape index (κ1) is 21.0. The molecule has 0 aliphatic carbocycles. The molecule has 0 unspecified atom stereocenters. The monoisotopic (exact) mass is 436 g/mol. The Labute approximate surface area is 194 Å². The first-order valence-electron chi connectivity index (χ1n) is 11.4. The number of aromatic amines is 1. The van der Waals surface area contributed by atoms with Crippen LogP contribution in [0, 0.1) is 0 Å². The van der Waals surface area contributed by atoms with Gasteiger partial charge >= 0.3 is 0 Å². The summed E-state index contributed by atoms with van der Waals surface area (Å²) in [5, 5.41) is 10.5. The lowest BCUT2D eigenvalue weighted by atomic mass is 10.1. The number of fused-ring (bicyclic) bond motifs is 1. The van der Waals surface area contributed by atoms with Crippen LogP contribution in [0.25, 0.3) is 10.9 Å². The van der Waals surface area contributed by atoms with Gasteiger partial charge in [-0.3, -0.25) is 0 Å². The molecule has 0 bridgehead atoms. The molecule has 0 amide bonds. The van der Waals surface area contributed by atoms with E-state index in [1.165, 1.54) is 27.6 Å². The van der Waals surface area contributed by atoms with Crippen molar-refractivity contribution in [2.24, 2.45) is 0 Å². The Morgan fingerprint density at radius 2 is 1.42 bits per heavy atom. The fourth-order valence-electron chi connectivity index (χ4n) is 4.32. The van der Waals surface area contributed by atoms with E-state index < -0.39 is 0 Å². The van der Waals surface area contributed by atoms with Crippen molar-refractivity contribution in [3.8, 4) is 5.75 Å². The molecule has 33 heavy (non-hydrogen) atoms. The largest absolute Gasteiger partial charge is 0.497 e. The molecule has 0 radical (unpaired) electrons. The lowest BCUT2D eigenvalue weighted by Crippen LogP contribution is -2.11. The van der Waals surface area contributed by atoms with Gasteiger partial charge < -0.3 is 14.3 Å². The van der Waals surface area contributed by atoms with Crippen LogP contribution in [0.5, 0.6) is 5.75 Å². The van der Waals surface area contributed by atoms with Crippen LogP contribution in [0.15, 0.2) is 85.1 Å². The van der Waals surface area contributed by atoms with Crippen LogP contribution in [-0.4, -0.2) is 26.9 Å². The molecule has 166 valence electrons. The van der Waals surface area contributed by atoms with Gasteiger partial charge in [-0.2, -0.15) is 0 Å². The SMILES string of the molecule is COc1ccc(Cn2c(CCc3ccccc3)nnc2CCc2c[nH]c3ccccc23)cc1. The second kappa shape index (κ2) is 9.74. The van der Waals surface area contributed by atoms with Crippen molar-refractivity contribution in [1.29, 1.82) is 0 Å². The zero-order chi connectivity index (χ0) is 22.5. The van der Waals surface area contributed by atoms with Crippen LogP contribution >= 0.6 is 0 Å². The molecule has 0 saturated carbocycles. The molecule has 5 nitrogen and oxygen atoms in total. The van der Waals surface area contributed by atoms with E-state index in [0.29, 0.717) is 0 Å². The first-order valence-corrected chi connectivity index (χ1v) is 11.4. The smallest absolute Gasteiger partial charge is 0.133 e. The molecule has 0 atom stereocenters. The Morgan fingerprint density at radius 3 is 2.18 bits per heavy atom. The second-order valence-electron chi connectivity index (χ2n) is 8.31. The zero-order valence-electron chi connectivity index (χ0n) is 18.9. The Bertz CT molecular complexity index is 1320. The zero-order valence-corrected chi connectivity index (χ0v) is 18.9. The molecule has 2 aromatic heterocycles.